The molecule has 1 amide bonds. The smallest absolute Gasteiger partial charge is 0.340 e. The Morgan fingerprint density at radius 1 is 1.27 bits per heavy atom. The highest BCUT2D eigenvalue weighted by Crippen LogP contribution is 2.22. The van der Waals surface area contributed by atoms with Crippen molar-refractivity contribution in [2.45, 2.75) is 20.8 Å². The van der Waals surface area contributed by atoms with Crippen LogP contribution in [0.2, 0.25) is 10.0 Å². The van der Waals surface area contributed by atoms with Crippen LogP contribution in [0.25, 0.3) is 0 Å². The van der Waals surface area contributed by atoms with Crippen molar-refractivity contribution < 1.29 is 14.3 Å². The summed E-state index contributed by atoms with van der Waals surface area (Å²) in [5, 5.41) is 6.63. The molecule has 0 aliphatic carbocycles. The van der Waals surface area contributed by atoms with Gasteiger partial charge in [0.1, 0.15) is 11.5 Å². The molecule has 0 fully saturated rings. The molecule has 0 radical (unpaired) electrons. The fourth-order valence-electron chi connectivity index (χ4n) is 2.48. The molecule has 0 unspecified atom stereocenters. The molecule has 0 saturated heterocycles. The Balaban J connectivity index is 1.94. The lowest BCUT2D eigenvalue weighted by atomic mass is 10.1. The third-order valence-corrected chi connectivity index (χ3v) is 4.15. The molecule has 0 atom stereocenters. The first kappa shape index (κ1) is 20.1. The first-order valence-corrected chi connectivity index (χ1v) is 8.80. The van der Waals surface area contributed by atoms with Gasteiger partial charge in [0.25, 0.3) is 5.91 Å². The van der Waals surface area contributed by atoms with Gasteiger partial charge in [-0.3, -0.25) is 4.79 Å². The van der Waals surface area contributed by atoms with Gasteiger partial charge in [-0.2, -0.15) is 0 Å². The molecule has 3 N–H and O–H groups in total. The van der Waals surface area contributed by atoms with Crippen LogP contribution < -0.4 is 10.6 Å². The summed E-state index contributed by atoms with van der Waals surface area (Å²) in [6, 6.07) is 1.58. The molecule has 2 heterocycles. The van der Waals surface area contributed by atoms with Gasteiger partial charge in [0.2, 0.25) is 0 Å². The standard InChI is InChI=1S/C17H20Cl2N4O3/c1-4-26-17(25)13-9(2)14(23-10(13)3)16(24)21-6-5-20-15-12(19)7-11(18)8-22-15/h7-8,23H,4-6H2,1-3H3,(H,20,22)(H,21,24). The molecule has 2 rings (SSSR count). The number of rotatable bonds is 7. The van der Waals surface area contributed by atoms with Crippen molar-refractivity contribution in [3.05, 3.63) is 44.8 Å². The van der Waals surface area contributed by atoms with Crippen LogP contribution in [0.5, 0.6) is 0 Å². The Morgan fingerprint density at radius 2 is 2.00 bits per heavy atom. The summed E-state index contributed by atoms with van der Waals surface area (Å²) in [6.07, 6.45) is 1.48. The first-order valence-electron chi connectivity index (χ1n) is 8.04. The fourth-order valence-corrected chi connectivity index (χ4v) is 2.92. The monoisotopic (exact) mass is 398 g/mol. The number of amides is 1. The van der Waals surface area contributed by atoms with Gasteiger partial charge in [0.15, 0.2) is 0 Å². The average molecular weight is 399 g/mol. The fraction of sp³-hybridized carbons (Fsp3) is 0.353. The van der Waals surface area contributed by atoms with Crippen LogP contribution in [0.15, 0.2) is 12.3 Å². The van der Waals surface area contributed by atoms with Gasteiger partial charge < -0.3 is 20.4 Å². The number of aromatic nitrogens is 2. The van der Waals surface area contributed by atoms with Gasteiger partial charge in [-0.05, 0) is 32.4 Å². The molecule has 2 aromatic rings. The van der Waals surface area contributed by atoms with E-state index in [4.69, 9.17) is 27.9 Å². The van der Waals surface area contributed by atoms with Crippen LogP contribution in [0, 0.1) is 13.8 Å². The normalized spacial score (nSPS) is 10.5. The van der Waals surface area contributed by atoms with Gasteiger partial charge >= 0.3 is 5.97 Å². The zero-order chi connectivity index (χ0) is 19.3. The molecule has 0 spiro atoms. The van der Waals surface area contributed by atoms with Gasteiger partial charge in [0.05, 0.1) is 22.2 Å². The molecular formula is C17H20Cl2N4O3. The van der Waals surface area contributed by atoms with Gasteiger partial charge in [0, 0.05) is 25.0 Å². The Morgan fingerprint density at radius 3 is 2.65 bits per heavy atom. The number of hydrogen-bond acceptors (Lipinski definition) is 5. The summed E-state index contributed by atoms with van der Waals surface area (Å²) in [7, 11) is 0. The number of carbonyl (C=O) groups is 2. The topological polar surface area (TPSA) is 96.1 Å². The maximum absolute atomic E-state index is 12.4. The molecule has 0 aromatic carbocycles. The maximum Gasteiger partial charge on any atom is 0.340 e. The van der Waals surface area contributed by atoms with Crippen molar-refractivity contribution in [3.63, 3.8) is 0 Å². The lowest BCUT2D eigenvalue weighted by molar-refractivity contribution is 0.0525. The number of esters is 1. The van der Waals surface area contributed by atoms with E-state index in [-0.39, 0.29) is 12.5 Å². The van der Waals surface area contributed by atoms with Gasteiger partial charge in [-0.15, -0.1) is 0 Å². The summed E-state index contributed by atoms with van der Waals surface area (Å²) in [4.78, 5) is 31.4. The van der Waals surface area contributed by atoms with E-state index < -0.39 is 5.97 Å². The van der Waals surface area contributed by atoms with Crippen molar-refractivity contribution in [3.8, 4) is 0 Å². The van der Waals surface area contributed by atoms with Crippen LogP contribution >= 0.6 is 23.2 Å². The van der Waals surface area contributed by atoms with Gasteiger partial charge in [-0.25, -0.2) is 9.78 Å². The SMILES string of the molecule is CCOC(=O)c1c(C)[nH]c(C(=O)NCCNc2ncc(Cl)cc2Cl)c1C. The number of carbonyl (C=O) groups excluding carboxylic acids is 2. The number of hydrogen-bond donors (Lipinski definition) is 3. The summed E-state index contributed by atoms with van der Waals surface area (Å²) in [5.41, 5.74) is 1.90. The number of aryl methyl sites for hydroxylation is 1. The summed E-state index contributed by atoms with van der Waals surface area (Å²) < 4.78 is 5.02. The lowest BCUT2D eigenvalue weighted by Gasteiger charge is -2.09. The van der Waals surface area contributed by atoms with Crippen LogP contribution in [0.1, 0.15) is 39.0 Å². The second-order valence-corrected chi connectivity index (χ2v) is 6.36. The Kier molecular flexibility index (Phi) is 6.88. The zero-order valence-corrected chi connectivity index (χ0v) is 16.2. The van der Waals surface area contributed by atoms with E-state index in [0.717, 1.165) is 0 Å². The summed E-state index contributed by atoms with van der Waals surface area (Å²) in [6.45, 7) is 6.20. The van der Waals surface area contributed by atoms with E-state index >= 15 is 0 Å². The number of H-pyrrole nitrogens is 1. The van der Waals surface area contributed by atoms with E-state index in [1.165, 1.54) is 6.20 Å². The highest BCUT2D eigenvalue weighted by atomic mass is 35.5. The van der Waals surface area contributed by atoms with Crippen LogP contribution in [0.3, 0.4) is 0 Å². The number of halogens is 2. The predicted octanol–water partition coefficient (Wildman–Crippen LogP) is 3.35. The minimum atomic E-state index is -0.442. The molecule has 7 nitrogen and oxygen atoms in total. The molecule has 140 valence electrons. The molecule has 2 aromatic heterocycles. The van der Waals surface area contributed by atoms with E-state index in [1.807, 2.05) is 0 Å². The van der Waals surface area contributed by atoms with E-state index in [0.29, 0.717) is 51.5 Å². The van der Waals surface area contributed by atoms with Crippen molar-refractivity contribution >= 4 is 40.9 Å². The van der Waals surface area contributed by atoms with Crippen LogP contribution in [0.4, 0.5) is 5.82 Å². The number of nitrogens with one attached hydrogen (secondary N) is 3. The molecule has 0 bridgehead atoms. The van der Waals surface area contributed by atoms with Crippen molar-refractivity contribution in [1.29, 1.82) is 0 Å². The third kappa shape index (κ3) is 4.68. The molecule has 0 aliphatic heterocycles. The molecular weight excluding hydrogens is 379 g/mol. The minimum absolute atomic E-state index is 0.275. The molecule has 0 aliphatic rings. The zero-order valence-electron chi connectivity index (χ0n) is 14.7. The van der Waals surface area contributed by atoms with Gasteiger partial charge in [-0.1, -0.05) is 23.2 Å². The number of pyridine rings is 1. The Bertz CT molecular complexity index is 821. The Hall–Kier alpha value is -2.25. The molecule has 9 heteroatoms. The first-order chi connectivity index (χ1) is 12.3. The van der Waals surface area contributed by atoms with E-state index in [1.54, 1.807) is 26.8 Å². The summed E-state index contributed by atoms with van der Waals surface area (Å²) in [5.74, 6) is -0.261. The number of aromatic amines is 1. The lowest BCUT2D eigenvalue weighted by Crippen LogP contribution is -2.29. The van der Waals surface area contributed by atoms with Crippen molar-refractivity contribution in [2.24, 2.45) is 0 Å². The van der Waals surface area contributed by atoms with Crippen LogP contribution in [-0.2, 0) is 4.74 Å². The second kappa shape index (κ2) is 8.91. The van der Waals surface area contributed by atoms with Crippen LogP contribution in [-0.4, -0.2) is 41.5 Å². The predicted molar refractivity (Wildman–Crippen MR) is 101 cm³/mol. The minimum Gasteiger partial charge on any atom is -0.462 e. The molecule has 0 saturated carbocycles. The van der Waals surface area contributed by atoms with Crippen molar-refractivity contribution in [1.82, 2.24) is 15.3 Å². The third-order valence-electron chi connectivity index (χ3n) is 3.65. The Labute approximate surface area is 161 Å². The van der Waals surface area contributed by atoms with E-state index in [9.17, 15) is 9.59 Å². The largest absolute Gasteiger partial charge is 0.462 e. The van der Waals surface area contributed by atoms with E-state index in [2.05, 4.69) is 20.6 Å². The second-order valence-electron chi connectivity index (χ2n) is 5.51. The summed E-state index contributed by atoms with van der Waals surface area (Å²) >= 11 is 11.8. The number of ether oxygens (including phenoxy) is 1. The molecule has 26 heavy (non-hydrogen) atoms. The number of anilines is 1. The average Bonchev–Trinajstić information content (AvgIpc) is 2.88. The van der Waals surface area contributed by atoms with Crippen molar-refractivity contribution in [2.75, 3.05) is 25.0 Å². The number of nitrogens with zero attached hydrogens (tertiary/aromatic N) is 1. The highest BCUT2D eigenvalue weighted by Gasteiger charge is 2.22. The highest BCUT2D eigenvalue weighted by molar-refractivity contribution is 6.35. The quantitative estimate of drug-likeness (QED) is 0.490. The maximum atomic E-state index is 12.4.